The Bertz CT molecular complexity index is 714. The molecule has 0 bridgehead atoms. The van der Waals surface area contributed by atoms with Crippen LogP contribution in [0.25, 0.3) is 0 Å². The highest BCUT2D eigenvalue weighted by Crippen LogP contribution is 2.23. The van der Waals surface area contributed by atoms with Gasteiger partial charge in [-0.05, 0) is 56.1 Å². The first-order valence-corrected chi connectivity index (χ1v) is 9.30. The molecule has 0 saturated heterocycles. The van der Waals surface area contributed by atoms with E-state index in [1.807, 2.05) is 37.3 Å². The Morgan fingerprint density at radius 1 is 1.15 bits per heavy atom. The van der Waals surface area contributed by atoms with E-state index in [1.54, 1.807) is 12.1 Å². The summed E-state index contributed by atoms with van der Waals surface area (Å²) in [7, 11) is 0. The minimum atomic E-state index is -0.192. The monoisotopic (exact) mass is 374 g/mol. The molecule has 0 atom stereocenters. The number of anilines is 1. The molecule has 0 heterocycles. The third-order valence-corrected chi connectivity index (χ3v) is 4.17. The SMILES string of the molecule is Cc1ccc(NC(=O)COc2ccc(Cl)cc2CNCCC(C)C)cc1. The van der Waals surface area contributed by atoms with Crippen LogP contribution in [-0.2, 0) is 11.3 Å². The third-order valence-electron chi connectivity index (χ3n) is 3.93. The molecule has 0 spiro atoms. The number of ether oxygens (including phenoxy) is 1. The third kappa shape index (κ3) is 7.06. The molecule has 0 radical (unpaired) electrons. The average molecular weight is 375 g/mol. The molecule has 2 aromatic rings. The van der Waals surface area contributed by atoms with Crippen LogP contribution in [0.5, 0.6) is 5.75 Å². The molecule has 140 valence electrons. The van der Waals surface area contributed by atoms with Gasteiger partial charge in [-0.1, -0.05) is 43.1 Å². The van der Waals surface area contributed by atoms with Crippen molar-refractivity contribution in [1.82, 2.24) is 5.32 Å². The number of benzene rings is 2. The summed E-state index contributed by atoms with van der Waals surface area (Å²) >= 11 is 6.10. The van der Waals surface area contributed by atoms with Crippen molar-refractivity contribution < 1.29 is 9.53 Å². The van der Waals surface area contributed by atoms with Gasteiger partial charge in [0, 0.05) is 22.8 Å². The normalized spacial score (nSPS) is 10.8. The molecule has 2 rings (SSSR count). The Morgan fingerprint density at radius 3 is 2.58 bits per heavy atom. The van der Waals surface area contributed by atoms with Crippen LogP contribution in [0.15, 0.2) is 42.5 Å². The molecular weight excluding hydrogens is 348 g/mol. The summed E-state index contributed by atoms with van der Waals surface area (Å²) in [6.45, 7) is 7.94. The molecule has 0 aromatic heterocycles. The van der Waals surface area contributed by atoms with E-state index in [4.69, 9.17) is 16.3 Å². The number of carbonyl (C=O) groups excluding carboxylic acids is 1. The van der Waals surface area contributed by atoms with Crippen LogP contribution in [0.4, 0.5) is 5.69 Å². The lowest BCUT2D eigenvalue weighted by molar-refractivity contribution is -0.118. The van der Waals surface area contributed by atoms with Gasteiger partial charge in [-0.25, -0.2) is 0 Å². The lowest BCUT2D eigenvalue weighted by Crippen LogP contribution is -2.21. The number of amides is 1. The minimum absolute atomic E-state index is 0.0471. The van der Waals surface area contributed by atoms with E-state index in [0.717, 1.165) is 29.8 Å². The average Bonchev–Trinajstić information content (AvgIpc) is 2.60. The van der Waals surface area contributed by atoms with Crippen molar-refractivity contribution >= 4 is 23.2 Å². The molecular formula is C21H27ClN2O2. The molecule has 26 heavy (non-hydrogen) atoms. The van der Waals surface area contributed by atoms with E-state index in [-0.39, 0.29) is 12.5 Å². The van der Waals surface area contributed by atoms with Crippen LogP contribution in [0.1, 0.15) is 31.4 Å². The smallest absolute Gasteiger partial charge is 0.262 e. The van der Waals surface area contributed by atoms with Gasteiger partial charge in [0.15, 0.2) is 6.61 Å². The topological polar surface area (TPSA) is 50.4 Å². The zero-order valence-electron chi connectivity index (χ0n) is 15.6. The first-order valence-electron chi connectivity index (χ1n) is 8.92. The van der Waals surface area contributed by atoms with Crippen molar-refractivity contribution in [2.24, 2.45) is 5.92 Å². The molecule has 0 fully saturated rings. The lowest BCUT2D eigenvalue weighted by atomic mass is 10.1. The number of hydrogen-bond donors (Lipinski definition) is 2. The van der Waals surface area contributed by atoms with Gasteiger partial charge in [-0.2, -0.15) is 0 Å². The van der Waals surface area contributed by atoms with Gasteiger partial charge in [0.25, 0.3) is 5.91 Å². The summed E-state index contributed by atoms with van der Waals surface area (Å²) in [5.41, 5.74) is 2.86. The molecule has 2 N–H and O–H groups in total. The van der Waals surface area contributed by atoms with E-state index < -0.39 is 0 Å². The largest absolute Gasteiger partial charge is 0.483 e. The molecule has 0 aliphatic heterocycles. The summed E-state index contributed by atoms with van der Waals surface area (Å²) in [4.78, 5) is 12.1. The van der Waals surface area contributed by atoms with Gasteiger partial charge < -0.3 is 15.4 Å². The molecule has 0 aliphatic carbocycles. The second-order valence-corrected chi connectivity index (χ2v) is 7.25. The van der Waals surface area contributed by atoms with E-state index in [9.17, 15) is 4.79 Å². The van der Waals surface area contributed by atoms with Crippen molar-refractivity contribution in [2.45, 2.75) is 33.7 Å². The van der Waals surface area contributed by atoms with Crippen molar-refractivity contribution in [2.75, 3.05) is 18.5 Å². The summed E-state index contributed by atoms with van der Waals surface area (Å²) in [5, 5.41) is 6.88. The second kappa shape index (κ2) is 10.2. The maximum Gasteiger partial charge on any atom is 0.262 e. The van der Waals surface area contributed by atoms with Gasteiger partial charge in [-0.3, -0.25) is 4.79 Å². The molecule has 0 unspecified atom stereocenters. The number of carbonyl (C=O) groups is 1. The maximum atomic E-state index is 12.1. The van der Waals surface area contributed by atoms with Crippen molar-refractivity contribution in [3.05, 3.63) is 58.6 Å². The van der Waals surface area contributed by atoms with Crippen LogP contribution in [0, 0.1) is 12.8 Å². The highest BCUT2D eigenvalue weighted by atomic mass is 35.5. The van der Waals surface area contributed by atoms with E-state index in [2.05, 4.69) is 24.5 Å². The first kappa shape index (κ1) is 20.3. The fourth-order valence-corrected chi connectivity index (χ4v) is 2.61. The first-order chi connectivity index (χ1) is 12.4. The summed E-state index contributed by atoms with van der Waals surface area (Å²) in [6.07, 6.45) is 1.11. The van der Waals surface area contributed by atoms with Gasteiger partial charge in [0.05, 0.1) is 0 Å². The van der Waals surface area contributed by atoms with Crippen molar-refractivity contribution in [1.29, 1.82) is 0 Å². The molecule has 0 aliphatic rings. The maximum absolute atomic E-state index is 12.1. The van der Waals surface area contributed by atoms with Crippen LogP contribution in [0.3, 0.4) is 0 Å². The Balaban J connectivity index is 1.89. The van der Waals surface area contributed by atoms with E-state index >= 15 is 0 Å². The fourth-order valence-electron chi connectivity index (χ4n) is 2.42. The molecule has 0 saturated carbocycles. The lowest BCUT2D eigenvalue weighted by Gasteiger charge is -2.13. The predicted octanol–water partition coefficient (Wildman–Crippen LogP) is 4.80. The number of nitrogens with one attached hydrogen (secondary N) is 2. The molecule has 4 nitrogen and oxygen atoms in total. The minimum Gasteiger partial charge on any atom is -0.483 e. The number of aryl methyl sites for hydroxylation is 1. The fraction of sp³-hybridized carbons (Fsp3) is 0.381. The summed E-state index contributed by atoms with van der Waals surface area (Å²) in [6, 6.07) is 13.1. The van der Waals surface area contributed by atoms with Crippen LogP contribution >= 0.6 is 11.6 Å². The standard InChI is InChI=1S/C21H27ClN2O2/c1-15(2)10-11-23-13-17-12-18(22)6-9-20(17)26-14-21(25)24-19-7-4-16(3)5-8-19/h4-9,12,15,23H,10-11,13-14H2,1-3H3,(H,24,25). The van der Waals surface area contributed by atoms with Crippen molar-refractivity contribution in [3.8, 4) is 5.75 Å². The highest BCUT2D eigenvalue weighted by molar-refractivity contribution is 6.30. The highest BCUT2D eigenvalue weighted by Gasteiger charge is 2.08. The molecule has 1 amide bonds. The number of hydrogen-bond acceptors (Lipinski definition) is 3. The van der Waals surface area contributed by atoms with Gasteiger partial charge in [0.1, 0.15) is 5.75 Å². The van der Waals surface area contributed by atoms with E-state index in [0.29, 0.717) is 23.2 Å². The van der Waals surface area contributed by atoms with Crippen LogP contribution in [-0.4, -0.2) is 19.1 Å². The Labute approximate surface area is 160 Å². The van der Waals surface area contributed by atoms with Gasteiger partial charge in [0.2, 0.25) is 0 Å². The van der Waals surface area contributed by atoms with E-state index in [1.165, 1.54) is 0 Å². The molecule has 5 heteroatoms. The van der Waals surface area contributed by atoms with Gasteiger partial charge in [-0.15, -0.1) is 0 Å². The second-order valence-electron chi connectivity index (χ2n) is 6.81. The van der Waals surface area contributed by atoms with Crippen LogP contribution in [0.2, 0.25) is 5.02 Å². The zero-order valence-corrected chi connectivity index (χ0v) is 16.4. The summed E-state index contributed by atoms with van der Waals surface area (Å²) in [5.74, 6) is 1.14. The number of halogens is 1. The van der Waals surface area contributed by atoms with Gasteiger partial charge >= 0.3 is 0 Å². The summed E-state index contributed by atoms with van der Waals surface area (Å²) < 4.78 is 5.72. The number of rotatable bonds is 9. The van der Waals surface area contributed by atoms with Crippen molar-refractivity contribution in [3.63, 3.8) is 0 Å². The zero-order chi connectivity index (χ0) is 18.9. The quantitative estimate of drug-likeness (QED) is 0.620. The van der Waals surface area contributed by atoms with Crippen LogP contribution < -0.4 is 15.4 Å². The predicted molar refractivity (Wildman–Crippen MR) is 108 cm³/mol. The Hall–Kier alpha value is -2.04. The molecule has 2 aromatic carbocycles. The Kier molecular flexibility index (Phi) is 7.95. The Morgan fingerprint density at radius 2 is 1.88 bits per heavy atom.